The van der Waals surface area contributed by atoms with Crippen molar-refractivity contribution in [1.82, 2.24) is 0 Å². The van der Waals surface area contributed by atoms with Gasteiger partial charge in [0.25, 0.3) is 0 Å². The van der Waals surface area contributed by atoms with Gasteiger partial charge in [0, 0.05) is 0 Å². The van der Waals surface area contributed by atoms with Gasteiger partial charge in [-0.3, -0.25) is 4.18 Å². The number of hydrogen-bond acceptors (Lipinski definition) is 11. The van der Waals surface area contributed by atoms with E-state index >= 15 is 0 Å². The Morgan fingerprint density at radius 3 is 2.20 bits per heavy atom. The van der Waals surface area contributed by atoms with Crippen LogP contribution in [0.1, 0.15) is 92.4 Å². The molecule has 0 radical (unpaired) electrons. The topological polar surface area (TPSA) is 186 Å². The van der Waals surface area contributed by atoms with Crippen LogP contribution in [0.3, 0.4) is 0 Å². The first-order valence-corrected chi connectivity index (χ1v) is 18.1. The summed E-state index contributed by atoms with van der Waals surface area (Å²) >= 11 is 0. The van der Waals surface area contributed by atoms with Crippen LogP contribution >= 0.6 is 0 Å². The summed E-state index contributed by atoms with van der Waals surface area (Å²) in [6.07, 6.45) is -0.716. The summed E-state index contributed by atoms with van der Waals surface area (Å²) in [7, 11) is -4.94. The van der Waals surface area contributed by atoms with E-state index in [-0.39, 0.29) is 94.5 Å². The van der Waals surface area contributed by atoms with E-state index in [1.165, 1.54) is 0 Å². The van der Waals surface area contributed by atoms with E-state index in [1.54, 1.807) is 0 Å². The molecule has 11 nitrogen and oxygen atoms in total. The molecule has 0 aromatic carbocycles. The van der Waals surface area contributed by atoms with Gasteiger partial charge >= 0.3 is 29.6 Å². The Bertz CT molecular complexity index is 1110. The first kappa shape index (κ1) is 38.4. The number of ether oxygens (including phenoxy) is 2. The zero-order valence-corrected chi connectivity index (χ0v) is 30.6. The summed E-state index contributed by atoms with van der Waals surface area (Å²) in [5.41, 5.74) is -0.450. The SMILES string of the molecule is CC(C)[C@H](CC[C@@H](C)[C@H]1C[C@H](OS(=O)(=O)[O-])[C@H]2[C@@H]3C[C@H](O)[C@H]4C[C@@H](O)CC[C@]4(C)[C@H]3CC[C@@]21C)O[C@@H]1OC[C@@H](O)[C@H](O)[C@H]1O.[Na+]. The molecule has 5 aliphatic rings. The Labute approximate surface area is 291 Å². The van der Waals surface area contributed by atoms with Crippen molar-refractivity contribution >= 4 is 10.4 Å². The van der Waals surface area contributed by atoms with E-state index < -0.39 is 53.3 Å². The monoisotopic (exact) mass is 670 g/mol. The van der Waals surface area contributed by atoms with Gasteiger partial charge in [0.2, 0.25) is 10.4 Å². The molecular weight excluding hydrogens is 615 g/mol. The molecule has 0 bridgehead atoms. The number of rotatable bonds is 9. The average molecular weight is 671 g/mol. The van der Waals surface area contributed by atoms with Crippen molar-refractivity contribution in [2.75, 3.05) is 6.61 Å². The minimum Gasteiger partial charge on any atom is -0.726 e. The molecule has 256 valence electrons. The fraction of sp³-hybridized carbons (Fsp3) is 1.00. The number of hydrogen-bond donors (Lipinski definition) is 5. The molecule has 1 saturated heterocycles. The van der Waals surface area contributed by atoms with E-state index in [0.29, 0.717) is 32.1 Å². The van der Waals surface area contributed by atoms with Gasteiger partial charge in [-0.15, -0.1) is 0 Å². The zero-order valence-electron chi connectivity index (χ0n) is 27.8. The maximum absolute atomic E-state index is 12.0. The average Bonchev–Trinajstić information content (AvgIpc) is 3.22. The van der Waals surface area contributed by atoms with Crippen molar-refractivity contribution in [1.29, 1.82) is 0 Å². The Hall–Kier alpha value is 0.590. The van der Waals surface area contributed by atoms with E-state index in [4.69, 9.17) is 13.7 Å². The van der Waals surface area contributed by atoms with E-state index in [1.807, 2.05) is 13.8 Å². The first-order chi connectivity index (χ1) is 20.5. The smallest absolute Gasteiger partial charge is 0.726 e. The number of aliphatic hydroxyl groups is 5. The van der Waals surface area contributed by atoms with Crippen LogP contribution < -0.4 is 29.6 Å². The van der Waals surface area contributed by atoms with Crippen LogP contribution in [-0.4, -0.2) is 94.1 Å². The van der Waals surface area contributed by atoms with Crippen LogP contribution in [0.25, 0.3) is 0 Å². The minimum absolute atomic E-state index is 0. The second-order valence-electron chi connectivity index (χ2n) is 15.8. The molecule has 1 heterocycles. The van der Waals surface area contributed by atoms with Crippen molar-refractivity contribution < 1.29 is 81.7 Å². The second kappa shape index (κ2) is 14.4. The molecule has 0 unspecified atom stereocenters. The summed E-state index contributed by atoms with van der Waals surface area (Å²) in [5, 5.41) is 52.1. The fourth-order valence-electron chi connectivity index (χ4n) is 10.7. The van der Waals surface area contributed by atoms with Crippen molar-refractivity contribution in [3.05, 3.63) is 0 Å². The molecule has 5 rings (SSSR count). The van der Waals surface area contributed by atoms with Crippen molar-refractivity contribution in [2.24, 2.45) is 52.3 Å². The largest absolute Gasteiger partial charge is 1.00 e. The van der Waals surface area contributed by atoms with Crippen LogP contribution in [-0.2, 0) is 24.1 Å². The maximum Gasteiger partial charge on any atom is 1.00 e. The standard InChI is InChI=1S/C32H56O11S.Na/c1-16(2)25(42-30-29(37)28(36)24(35)15-41-30)7-6-17(3)21-14-26(43-44(38,39)40)27-19-13-23(34)22-12-18(33)8-10-31(22,4)20(19)9-11-32(21,27)5;/h16-30,33-37H,6-15H2,1-5H3,(H,38,39,40);/q;+1/p-1/t17-,18+,19-,20+,21-,22-,23+,24-,25+,26+,27-,28+,29-,30+,31-,32-;/m1./s1. The zero-order chi connectivity index (χ0) is 32.4. The quantitative estimate of drug-likeness (QED) is 0.119. The Morgan fingerprint density at radius 1 is 0.889 bits per heavy atom. The Balaban J connectivity index is 0.00000461. The first-order valence-electron chi connectivity index (χ1n) is 16.8. The molecule has 45 heavy (non-hydrogen) atoms. The van der Waals surface area contributed by atoms with Gasteiger partial charge in [0.05, 0.1) is 31.0 Å². The molecule has 16 atom stereocenters. The van der Waals surface area contributed by atoms with Gasteiger partial charge in [-0.25, -0.2) is 8.42 Å². The normalized spacial score (nSPS) is 48.1. The van der Waals surface area contributed by atoms with Gasteiger partial charge in [0.15, 0.2) is 6.29 Å². The van der Waals surface area contributed by atoms with Crippen LogP contribution in [0.15, 0.2) is 0 Å². The Morgan fingerprint density at radius 2 is 1.56 bits per heavy atom. The molecule has 5 fully saturated rings. The molecule has 0 amide bonds. The third kappa shape index (κ3) is 7.54. The molecule has 13 heteroatoms. The molecule has 1 aliphatic heterocycles. The number of aliphatic hydroxyl groups excluding tert-OH is 5. The van der Waals surface area contributed by atoms with Gasteiger partial charge < -0.3 is 39.6 Å². The second-order valence-corrected chi connectivity index (χ2v) is 16.8. The van der Waals surface area contributed by atoms with Gasteiger partial charge in [-0.2, -0.15) is 0 Å². The minimum atomic E-state index is -4.94. The molecule has 4 saturated carbocycles. The molecule has 0 aromatic heterocycles. The van der Waals surface area contributed by atoms with Crippen LogP contribution in [0.4, 0.5) is 0 Å². The Kier molecular flexibility index (Phi) is 12.3. The predicted molar refractivity (Wildman–Crippen MR) is 158 cm³/mol. The van der Waals surface area contributed by atoms with E-state index in [0.717, 1.165) is 25.7 Å². The maximum atomic E-state index is 12.0. The number of fused-ring (bicyclic) bond motifs is 5. The molecule has 0 aromatic rings. The van der Waals surface area contributed by atoms with Crippen molar-refractivity contribution in [3.63, 3.8) is 0 Å². The third-order valence-corrected chi connectivity index (χ3v) is 13.5. The van der Waals surface area contributed by atoms with E-state index in [9.17, 15) is 38.5 Å². The fourth-order valence-corrected chi connectivity index (χ4v) is 11.3. The van der Waals surface area contributed by atoms with Crippen molar-refractivity contribution in [2.45, 2.75) is 141 Å². The summed E-state index contributed by atoms with van der Waals surface area (Å²) in [4.78, 5) is 0. The molecular formula is C32H55NaO11S. The summed E-state index contributed by atoms with van der Waals surface area (Å²) in [6, 6.07) is 0. The predicted octanol–water partition coefficient (Wildman–Crippen LogP) is -0.667. The third-order valence-electron chi connectivity index (χ3n) is 13.0. The van der Waals surface area contributed by atoms with Crippen LogP contribution in [0.5, 0.6) is 0 Å². The molecule has 4 aliphatic carbocycles. The van der Waals surface area contributed by atoms with Crippen LogP contribution in [0.2, 0.25) is 0 Å². The summed E-state index contributed by atoms with van der Waals surface area (Å²) in [6.45, 7) is 10.5. The van der Waals surface area contributed by atoms with Gasteiger partial charge in [-0.1, -0.05) is 34.6 Å². The van der Waals surface area contributed by atoms with Crippen molar-refractivity contribution in [3.8, 4) is 0 Å². The van der Waals surface area contributed by atoms with Gasteiger partial charge in [-0.05, 0) is 110 Å². The summed E-state index contributed by atoms with van der Waals surface area (Å²) in [5.74, 6) is 0.383. The molecule has 5 N–H and O–H groups in total. The van der Waals surface area contributed by atoms with Crippen LogP contribution in [0, 0.1) is 52.3 Å². The molecule has 0 spiro atoms. The van der Waals surface area contributed by atoms with E-state index in [2.05, 4.69) is 20.8 Å². The summed E-state index contributed by atoms with van der Waals surface area (Å²) < 4.78 is 53.0. The van der Waals surface area contributed by atoms with Gasteiger partial charge in [0.1, 0.15) is 18.3 Å².